The monoisotopic (exact) mass is 365 g/mol. The lowest BCUT2D eigenvalue weighted by atomic mass is 10.2. The maximum atomic E-state index is 13.2. The van der Waals surface area contributed by atoms with Gasteiger partial charge in [0.05, 0.1) is 10.7 Å². The summed E-state index contributed by atoms with van der Waals surface area (Å²) in [5, 5.41) is 5.44. The first-order valence-corrected chi connectivity index (χ1v) is 9.06. The smallest absolute Gasteiger partial charge is 0.266 e. The quantitative estimate of drug-likeness (QED) is 0.628. The molecule has 0 aliphatic carbocycles. The first-order valence-electron chi connectivity index (χ1n) is 7.70. The van der Waals surface area contributed by atoms with E-state index < -0.39 is 0 Å². The molecule has 0 saturated heterocycles. The molecule has 0 amide bonds. The third kappa shape index (κ3) is 3.21. The molecule has 0 N–H and O–H groups in total. The van der Waals surface area contributed by atoms with Crippen LogP contribution < -0.4 is 5.56 Å². The summed E-state index contributed by atoms with van der Waals surface area (Å²) in [4.78, 5) is 12.9. The normalized spacial score (nSPS) is 12.7. The number of nitrogens with zero attached hydrogens (tertiary/aromatic N) is 3. The van der Waals surface area contributed by atoms with E-state index in [1.54, 1.807) is 24.4 Å². The lowest BCUT2D eigenvalue weighted by molar-refractivity contribution is 0.625. The second-order valence-corrected chi connectivity index (χ2v) is 7.08. The van der Waals surface area contributed by atoms with E-state index in [0.29, 0.717) is 27.3 Å². The van der Waals surface area contributed by atoms with Gasteiger partial charge in [0.25, 0.3) is 5.56 Å². The molecule has 0 aliphatic heterocycles. The lowest BCUT2D eigenvalue weighted by Crippen LogP contribution is -2.24. The Bertz CT molecular complexity index is 920. The molecule has 7 heteroatoms. The third-order valence-electron chi connectivity index (χ3n) is 3.89. The maximum Gasteiger partial charge on any atom is 0.284 e. The summed E-state index contributed by atoms with van der Waals surface area (Å²) in [6.07, 6.45) is 2.72. The lowest BCUT2D eigenvalue weighted by Gasteiger charge is -2.14. The van der Waals surface area contributed by atoms with E-state index in [2.05, 4.69) is 18.9 Å². The number of benzene rings is 1. The van der Waals surface area contributed by atoms with E-state index in [4.69, 9.17) is 11.6 Å². The fourth-order valence-corrected chi connectivity index (χ4v) is 3.61. The van der Waals surface area contributed by atoms with Crippen molar-refractivity contribution in [2.24, 2.45) is 5.92 Å². The summed E-state index contributed by atoms with van der Waals surface area (Å²) in [6, 6.07) is 7.44. The third-order valence-corrected chi connectivity index (χ3v) is 5.45. The van der Waals surface area contributed by atoms with Crippen molar-refractivity contribution in [3.8, 4) is 5.69 Å². The Hall–Kier alpha value is -1.79. The van der Waals surface area contributed by atoms with E-state index in [9.17, 15) is 9.18 Å². The van der Waals surface area contributed by atoms with Crippen LogP contribution in [0.25, 0.3) is 11.2 Å². The van der Waals surface area contributed by atoms with Gasteiger partial charge in [0.1, 0.15) is 11.3 Å². The van der Waals surface area contributed by atoms with Gasteiger partial charge < -0.3 is 0 Å². The van der Waals surface area contributed by atoms with E-state index in [1.807, 2.05) is 0 Å². The second-order valence-electron chi connectivity index (χ2n) is 5.68. The molecule has 2 heterocycles. The van der Waals surface area contributed by atoms with Crippen molar-refractivity contribution in [2.75, 3.05) is 5.75 Å². The first kappa shape index (κ1) is 17.0. The molecule has 0 spiro atoms. The predicted octanol–water partition coefficient (Wildman–Crippen LogP) is 4.42. The molecule has 1 aromatic carbocycles. The van der Waals surface area contributed by atoms with Gasteiger partial charge in [0.2, 0.25) is 0 Å². The molecule has 126 valence electrons. The average Bonchev–Trinajstić information content (AvgIpc) is 2.95. The Kier molecular flexibility index (Phi) is 4.96. The van der Waals surface area contributed by atoms with Gasteiger partial charge in [-0.1, -0.05) is 43.6 Å². The summed E-state index contributed by atoms with van der Waals surface area (Å²) in [7, 11) is 0. The standard InChI is InChI=1S/C17H17ClFN3OS/c1-3-11(2)10-24-17-20-21-9-8-14(18)15(21)16(23)22(17)13-6-4-12(19)5-7-13/h4-9,11H,3,10H2,1-2H3. The van der Waals surface area contributed by atoms with Crippen LogP contribution in [0.15, 0.2) is 46.5 Å². The predicted molar refractivity (Wildman–Crippen MR) is 95.9 cm³/mol. The van der Waals surface area contributed by atoms with E-state index in [-0.39, 0.29) is 11.4 Å². The highest BCUT2D eigenvalue weighted by atomic mass is 35.5. The molecule has 0 aliphatic rings. The zero-order valence-corrected chi connectivity index (χ0v) is 14.9. The maximum absolute atomic E-state index is 13.2. The zero-order valence-electron chi connectivity index (χ0n) is 13.4. The highest BCUT2D eigenvalue weighted by Gasteiger charge is 2.16. The van der Waals surface area contributed by atoms with Crippen LogP contribution in [0.5, 0.6) is 0 Å². The number of thioether (sulfide) groups is 1. The number of aromatic nitrogens is 3. The van der Waals surface area contributed by atoms with Gasteiger partial charge >= 0.3 is 0 Å². The van der Waals surface area contributed by atoms with Crippen LogP contribution in [0.2, 0.25) is 5.02 Å². The van der Waals surface area contributed by atoms with Crippen molar-refractivity contribution in [2.45, 2.75) is 25.4 Å². The van der Waals surface area contributed by atoms with Crippen molar-refractivity contribution in [3.05, 3.63) is 57.7 Å². The number of hydrogen-bond acceptors (Lipinski definition) is 3. The van der Waals surface area contributed by atoms with Gasteiger partial charge in [-0.3, -0.25) is 9.36 Å². The molecular formula is C17H17ClFN3OS. The minimum Gasteiger partial charge on any atom is -0.266 e. The highest BCUT2D eigenvalue weighted by Crippen LogP contribution is 2.24. The highest BCUT2D eigenvalue weighted by molar-refractivity contribution is 7.99. The van der Waals surface area contributed by atoms with Crippen LogP contribution in [-0.2, 0) is 0 Å². The number of fused-ring (bicyclic) bond motifs is 1. The van der Waals surface area contributed by atoms with E-state index in [0.717, 1.165) is 12.2 Å². The Morgan fingerprint density at radius 2 is 2.00 bits per heavy atom. The Morgan fingerprint density at radius 1 is 1.29 bits per heavy atom. The SMILES string of the molecule is CCC(C)CSc1nn2ccc(Cl)c2c(=O)n1-c1ccc(F)cc1. The van der Waals surface area contributed by atoms with Gasteiger partial charge in [-0.15, -0.1) is 5.10 Å². The zero-order chi connectivity index (χ0) is 17.3. The fraction of sp³-hybridized carbons (Fsp3) is 0.294. The molecule has 3 aromatic rings. The van der Waals surface area contributed by atoms with Crippen molar-refractivity contribution < 1.29 is 4.39 Å². The number of rotatable bonds is 5. The molecule has 0 bridgehead atoms. The summed E-state index contributed by atoms with van der Waals surface area (Å²) >= 11 is 7.64. The molecule has 0 radical (unpaired) electrons. The van der Waals surface area contributed by atoms with Crippen molar-refractivity contribution in [1.82, 2.24) is 14.2 Å². The van der Waals surface area contributed by atoms with Crippen LogP contribution >= 0.6 is 23.4 Å². The largest absolute Gasteiger partial charge is 0.284 e. The van der Waals surface area contributed by atoms with Crippen LogP contribution in [-0.4, -0.2) is 19.9 Å². The van der Waals surface area contributed by atoms with Gasteiger partial charge in [-0.2, -0.15) is 0 Å². The number of halogens is 2. The van der Waals surface area contributed by atoms with Gasteiger partial charge in [-0.05, 0) is 36.2 Å². The molecular weight excluding hydrogens is 349 g/mol. The molecule has 4 nitrogen and oxygen atoms in total. The average molecular weight is 366 g/mol. The summed E-state index contributed by atoms with van der Waals surface area (Å²) in [5.74, 6) is 0.984. The number of hydrogen-bond donors (Lipinski definition) is 0. The van der Waals surface area contributed by atoms with Crippen LogP contribution in [0.4, 0.5) is 4.39 Å². The summed E-state index contributed by atoms with van der Waals surface area (Å²) in [6.45, 7) is 4.28. The Morgan fingerprint density at radius 3 is 2.67 bits per heavy atom. The molecule has 24 heavy (non-hydrogen) atoms. The van der Waals surface area contributed by atoms with Crippen molar-refractivity contribution >= 4 is 28.9 Å². The minimum absolute atomic E-state index is 0.266. The molecule has 0 fully saturated rings. The van der Waals surface area contributed by atoms with Crippen molar-refractivity contribution in [1.29, 1.82) is 0 Å². The minimum atomic E-state index is -0.352. The Balaban J connectivity index is 2.18. The van der Waals surface area contributed by atoms with E-state index >= 15 is 0 Å². The summed E-state index contributed by atoms with van der Waals surface area (Å²) < 4.78 is 16.2. The van der Waals surface area contributed by atoms with Crippen LogP contribution in [0.3, 0.4) is 0 Å². The van der Waals surface area contributed by atoms with E-state index in [1.165, 1.54) is 33.0 Å². The second kappa shape index (κ2) is 6.99. The summed E-state index contributed by atoms with van der Waals surface area (Å²) in [5.41, 5.74) is 0.618. The first-order chi connectivity index (χ1) is 11.5. The molecule has 3 rings (SSSR count). The van der Waals surface area contributed by atoms with Gasteiger partial charge in [0, 0.05) is 11.9 Å². The molecule has 0 saturated carbocycles. The molecule has 2 aromatic heterocycles. The van der Waals surface area contributed by atoms with Crippen LogP contribution in [0, 0.1) is 11.7 Å². The molecule has 1 unspecified atom stereocenters. The Labute approximate surface area is 148 Å². The van der Waals surface area contributed by atoms with Crippen molar-refractivity contribution in [3.63, 3.8) is 0 Å². The van der Waals surface area contributed by atoms with Gasteiger partial charge in [0.15, 0.2) is 5.16 Å². The van der Waals surface area contributed by atoms with Crippen LogP contribution in [0.1, 0.15) is 20.3 Å². The topological polar surface area (TPSA) is 39.3 Å². The molecule has 1 atom stereocenters. The fourth-order valence-electron chi connectivity index (χ4n) is 2.26. The van der Waals surface area contributed by atoms with Gasteiger partial charge in [-0.25, -0.2) is 8.91 Å².